The van der Waals surface area contributed by atoms with E-state index < -0.39 is 29.4 Å². The first-order chi connectivity index (χ1) is 19.0. The number of carboxylic acid groups (broad SMARTS) is 1. The molecule has 6 nitrogen and oxygen atoms in total. The highest BCUT2D eigenvalue weighted by Crippen LogP contribution is 2.38. The van der Waals surface area contributed by atoms with Gasteiger partial charge in [-0.2, -0.15) is 13.2 Å². The van der Waals surface area contributed by atoms with Crippen LogP contribution in [0.2, 0.25) is 5.02 Å². The zero-order valence-electron chi connectivity index (χ0n) is 20.7. The van der Waals surface area contributed by atoms with Gasteiger partial charge in [0.05, 0.1) is 12.0 Å². The minimum atomic E-state index is -4.70. The molecule has 1 aromatic heterocycles. The van der Waals surface area contributed by atoms with Gasteiger partial charge in [-0.05, 0) is 64.7 Å². The van der Waals surface area contributed by atoms with E-state index in [2.05, 4.69) is 15.6 Å². The highest BCUT2D eigenvalue weighted by molar-refractivity contribution is 6.30. The Morgan fingerprint density at radius 3 is 2.27 bits per heavy atom. The Balaban J connectivity index is 1.49. The predicted molar refractivity (Wildman–Crippen MR) is 143 cm³/mol. The van der Waals surface area contributed by atoms with Crippen molar-refractivity contribution < 1.29 is 32.3 Å². The molecule has 0 unspecified atom stereocenters. The normalized spacial score (nSPS) is 11.2. The number of carboxylic acids is 1. The number of nitrogens with zero attached hydrogens (tertiary/aromatic N) is 1. The smallest absolute Gasteiger partial charge is 0.417 e. The van der Waals surface area contributed by atoms with Crippen molar-refractivity contribution >= 4 is 29.2 Å². The summed E-state index contributed by atoms with van der Waals surface area (Å²) in [6.07, 6.45) is -3.39. The van der Waals surface area contributed by atoms with Crippen LogP contribution in [-0.4, -0.2) is 28.5 Å². The molecule has 0 atom stereocenters. The number of anilines is 1. The lowest BCUT2D eigenvalue weighted by Crippen LogP contribution is -2.26. The lowest BCUT2D eigenvalue weighted by Gasteiger charge is -2.15. The molecule has 0 saturated heterocycles. The summed E-state index contributed by atoms with van der Waals surface area (Å²) in [5, 5.41) is 14.9. The Bertz CT molecular complexity index is 1530. The van der Waals surface area contributed by atoms with Crippen molar-refractivity contribution in [1.82, 2.24) is 10.3 Å². The van der Waals surface area contributed by atoms with Gasteiger partial charge < -0.3 is 15.7 Å². The molecule has 0 spiro atoms. The zero-order chi connectivity index (χ0) is 28.9. The van der Waals surface area contributed by atoms with Crippen LogP contribution in [0.15, 0.2) is 79.0 Å². The number of amides is 1. The minimum absolute atomic E-state index is 0.0178. The molecular formula is C29H22ClF4N3O3. The van der Waals surface area contributed by atoms with E-state index in [1.807, 2.05) is 6.07 Å². The fourth-order valence-corrected chi connectivity index (χ4v) is 4.17. The van der Waals surface area contributed by atoms with E-state index in [0.29, 0.717) is 34.4 Å². The van der Waals surface area contributed by atoms with Crippen LogP contribution in [0.5, 0.6) is 0 Å². The maximum atomic E-state index is 13.5. The lowest BCUT2D eigenvalue weighted by molar-refractivity contribution is -0.138. The number of benzene rings is 3. The Morgan fingerprint density at radius 1 is 0.900 bits per heavy atom. The molecule has 0 aliphatic heterocycles. The number of aromatic nitrogens is 1. The van der Waals surface area contributed by atoms with Gasteiger partial charge in [0.25, 0.3) is 5.91 Å². The van der Waals surface area contributed by atoms with E-state index >= 15 is 0 Å². The monoisotopic (exact) mass is 571 g/mol. The standard InChI is InChI=1S/C29H22ClF4N3O3/c30-20-5-1-18(24(13-20)19-4-10-26(37-16-19)28(40)35-12-11-27(38)39)15-36-22-7-2-17(3-8-22)23-9-6-21(31)14-25(23)29(32,33)34/h1-10,13-14,16,36H,11-12,15H2,(H,35,40)(H,38,39). The van der Waals surface area contributed by atoms with Gasteiger partial charge >= 0.3 is 12.1 Å². The van der Waals surface area contributed by atoms with Crippen molar-refractivity contribution in [3.8, 4) is 22.3 Å². The van der Waals surface area contributed by atoms with Crippen molar-refractivity contribution in [2.24, 2.45) is 0 Å². The minimum Gasteiger partial charge on any atom is -0.481 e. The van der Waals surface area contributed by atoms with Crippen LogP contribution in [0.1, 0.15) is 28.0 Å². The first-order valence-electron chi connectivity index (χ1n) is 12.0. The molecule has 206 valence electrons. The van der Waals surface area contributed by atoms with E-state index in [-0.39, 0.29) is 24.2 Å². The summed E-state index contributed by atoms with van der Waals surface area (Å²) in [5.74, 6) is -2.48. The van der Waals surface area contributed by atoms with Crippen molar-refractivity contribution in [3.63, 3.8) is 0 Å². The summed E-state index contributed by atoms with van der Waals surface area (Å²) in [6.45, 7) is 0.323. The van der Waals surface area contributed by atoms with Crippen LogP contribution in [0, 0.1) is 5.82 Å². The maximum Gasteiger partial charge on any atom is 0.417 e. The summed E-state index contributed by atoms with van der Waals surface area (Å²) < 4.78 is 53.7. The Hall–Kier alpha value is -4.44. The SMILES string of the molecule is O=C(O)CCNC(=O)c1ccc(-c2cc(Cl)ccc2CNc2ccc(-c3ccc(F)cc3C(F)(F)F)cc2)cn1. The Kier molecular flexibility index (Phi) is 8.69. The number of aliphatic carboxylic acids is 1. The van der Waals surface area contributed by atoms with Crippen LogP contribution in [0.25, 0.3) is 22.3 Å². The van der Waals surface area contributed by atoms with Gasteiger partial charge in [-0.3, -0.25) is 14.6 Å². The molecular weight excluding hydrogens is 550 g/mol. The third-order valence-electron chi connectivity index (χ3n) is 5.97. The number of hydrogen-bond donors (Lipinski definition) is 3. The molecule has 4 rings (SSSR count). The van der Waals surface area contributed by atoms with Gasteiger partial charge in [-0.25, -0.2) is 4.39 Å². The topological polar surface area (TPSA) is 91.3 Å². The van der Waals surface area contributed by atoms with Gasteiger partial charge in [-0.1, -0.05) is 41.9 Å². The van der Waals surface area contributed by atoms with Gasteiger partial charge in [-0.15, -0.1) is 0 Å². The Labute approximate surface area is 231 Å². The van der Waals surface area contributed by atoms with Gasteiger partial charge in [0.1, 0.15) is 11.5 Å². The number of alkyl halides is 3. The number of rotatable bonds is 9. The zero-order valence-corrected chi connectivity index (χ0v) is 21.5. The molecule has 40 heavy (non-hydrogen) atoms. The highest BCUT2D eigenvalue weighted by atomic mass is 35.5. The number of carbonyl (C=O) groups is 2. The summed E-state index contributed by atoms with van der Waals surface area (Å²) >= 11 is 6.22. The van der Waals surface area contributed by atoms with Crippen LogP contribution in [0.4, 0.5) is 23.2 Å². The highest BCUT2D eigenvalue weighted by Gasteiger charge is 2.34. The molecule has 3 N–H and O–H groups in total. The lowest BCUT2D eigenvalue weighted by atomic mass is 9.98. The first-order valence-corrected chi connectivity index (χ1v) is 12.3. The molecule has 1 amide bonds. The van der Waals surface area contributed by atoms with Crippen molar-refractivity contribution in [2.75, 3.05) is 11.9 Å². The first kappa shape index (κ1) is 28.6. The molecule has 0 aliphatic rings. The fraction of sp³-hybridized carbons (Fsp3) is 0.138. The largest absolute Gasteiger partial charge is 0.481 e. The second-order valence-electron chi connectivity index (χ2n) is 8.75. The molecule has 0 bridgehead atoms. The number of pyridine rings is 1. The molecule has 11 heteroatoms. The molecule has 0 saturated carbocycles. The van der Waals surface area contributed by atoms with Crippen LogP contribution in [0.3, 0.4) is 0 Å². The predicted octanol–water partition coefficient (Wildman–Crippen LogP) is 7.04. The molecule has 0 aliphatic carbocycles. The van der Waals surface area contributed by atoms with Gasteiger partial charge in [0.2, 0.25) is 0 Å². The van der Waals surface area contributed by atoms with Crippen LogP contribution >= 0.6 is 11.6 Å². The van der Waals surface area contributed by atoms with E-state index in [0.717, 1.165) is 23.3 Å². The third-order valence-corrected chi connectivity index (χ3v) is 6.20. The van der Waals surface area contributed by atoms with E-state index in [1.54, 1.807) is 30.3 Å². The summed E-state index contributed by atoms with van der Waals surface area (Å²) in [5.41, 5.74) is 2.19. The number of hydrogen-bond acceptors (Lipinski definition) is 4. The molecule has 0 fully saturated rings. The molecule has 3 aromatic carbocycles. The number of carbonyl (C=O) groups excluding carboxylic acids is 1. The third kappa shape index (κ3) is 7.15. The average molecular weight is 572 g/mol. The second kappa shape index (κ2) is 12.2. The number of nitrogens with one attached hydrogen (secondary N) is 2. The second-order valence-corrected chi connectivity index (χ2v) is 9.19. The molecule has 1 heterocycles. The van der Waals surface area contributed by atoms with Crippen molar-refractivity contribution in [1.29, 1.82) is 0 Å². The van der Waals surface area contributed by atoms with Gasteiger partial charge in [0.15, 0.2) is 0 Å². The molecule has 4 aromatic rings. The van der Waals surface area contributed by atoms with E-state index in [1.165, 1.54) is 24.4 Å². The van der Waals surface area contributed by atoms with Crippen LogP contribution in [-0.2, 0) is 17.5 Å². The van der Waals surface area contributed by atoms with E-state index in [9.17, 15) is 27.2 Å². The summed E-state index contributed by atoms with van der Waals surface area (Å²) in [7, 11) is 0. The fourth-order valence-electron chi connectivity index (χ4n) is 4.00. The summed E-state index contributed by atoms with van der Waals surface area (Å²) in [4.78, 5) is 27.0. The van der Waals surface area contributed by atoms with E-state index in [4.69, 9.17) is 16.7 Å². The molecule has 0 radical (unpaired) electrons. The van der Waals surface area contributed by atoms with Gasteiger partial charge in [0, 0.05) is 35.6 Å². The summed E-state index contributed by atoms with van der Waals surface area (Å²) in [6, 6.07) is 17.4. The van der Waals surface area contributed by atoms with Crippen molar-refractivity contribution in [3.05, 3.63) is 107 Å². The quantitative estimate of drug-likeness (QED) is 0.187. The Morgan fingerprint density at radius 2 is 1.62 bits per heavy atom. The van der Waals surface area contributed by atoms with Crippen LogP contribution < -0.4 is 10.6 Å². The maximum absolute atomic E-state index is 13.5. The van der Waals surface area contributed by atoms with Crippen molar-refractivity contribution in [2.45, 2.75) is 19.1 Å². The number of halogens is 5. The average Bonchev–Trinajstić information content (AvgIpc) is 2.92.